The monoisotopic (exact) mass is 518 g/mol. The number of nitro benzene ring substituents is 1. The van der Waals surface area contributed by atoms with Crippen LogP contribution >= 0.6 is 0 Å². The highest BCUT2D eigenvalue weighted by Gasteiger charge is 2.35. The molecule has 0 aliphatic carbocycles. The molecule has 0 saturated heterocycles. The van der Waals surface area contributed by atoms with Crippen LogP contribution < -0.4 is 15.3 Å². The van der Waals surface area contributed by atoms with Crippen LogP contribution in [-0.4, -0.2) is 36.6 Å². The predicted octanol–water partition coefficient (Wildman–Crippen LogP) is 3.28. The van der Waals surface area contributed by atoms with Gasteiger partial charge in [-0.1, -0.05) is 56.3 Å². The van der Waals surface area contributed by atoms with Gasteiger partial charge < -0.3 is 0 Å². The van der Waals surface area contributed by atoms with Crippen LogP contribution in [0.5, 0.6) is 0 Å². The minimum absolute atomic E-state index is 0.0214. The molecule has 0 saturated carbocycles. The first kappa shape index (κ1) is 28.5. The van der Waals surface area contributed by atoms with Crippen molar-refractivity contribution in [3.8, 4) is 0 Å². The van der Waals surface area contributed by atoms with E-state index in [-0.39, 0.29) is 30.1 Å². The molecule has 2 aromatic rings. The van der Waals surface area contributed by atoms with E-state index in [1.807, 2.05) is 44.2 Å². The van der Waals surface area contributed by atoms with Crippen LogP contribution in [0.15, 0.2) is 60.7 Å². The smallest absolute Gasteiger partial charge is 0.269 e. The largest absolute Gasteiger partial charge is 0.289 e. The average Bonchev–Trinajstić information content (AvgIpc) is 2.83. The lowest BCUT2D eigenvalue weighted by Crippen LogP contribution is -2.51. The topological polar surface area (TPSA) is 159 Å². The summed E-state index contributed by atoms with van der Waals surface area (Å²) in [4.78, 5) is 36.2. The lowest BCUT2D eigenvalue weighted by molar-refractivity contribution is -0.384. The number of non-ortho nitro benzene ring substituents is 1. The maximum absolute atomic E-state index is 13.4. The van der Waals surface area contributed by atoms with Gasteiger partial charge in [0.2, 0.25) is 21.8 Å². The number of nitrogens with one attached hydrogen (secondary N) is 2. The highest BCUT2D eigenvalue weighted by molar-refractivity contribution is 7.92. The number of amides is 2. The normalized spacial score (nSPS) is 13.2. The Morgan fingerprint density at radius 3 is 2.17 bits per heavy atom. The maximum atomic E-state index is 13.4. The summed E-state index contributed by atoms with van der Waals surface area (Å²) >= 11 is 0. The summed E-state index contributed by atoms with van der Waals surface area (Å²) in [5, 5.41) is 20.3. The van der Waals surface area contributed by atoms with Crippen LogP contribution in [0.1, 0.15) is 32.3 Å². The molecule has 0 spiro atoms. The molecular formula is C24H30N4O7S. The minimum Gasteiger partial charge on any atom is -0.289 e. The zero-order chi connectivity index (χ0) is 26.9. The Morgan fingerprint density at radius 1 is 1.06 bits per heavy atom. The van der Waals surface area contributed by atoms with Gasteiger partial charge in [-0.3, -0.25) is 30.3 Å². The SMILES string of the molecule is CC(C)C[C@@H](C(=O)NN(c1ccc([N+](=O)[O-])cc1)S(C)(=O)=O)[C@H](CC=Cc1ccccc1)C(=O)NO. The molecule has 0 aromatic heterocycles. The van der Waals surface area contributed by atoms with E-state index in [4.69, 9.17) is 0 Å². The number of sulfonamides is 1. The Kier molecular flexibility index (Phi) is 10.1. The number of anilines is 1. The summed E-state index contributed by atoms with van der Waals surface area (Å²) in [6.07, 6.45) is 4.68. The number of nitro groups is 1. The first-order valence-electron chi connectivity index (χ1n) is 11.1. The highest BCUT2D eigenvalue weighted by Crippen LogP contribution is 2.27. The zero-order valence-corrected chi connectivity index (χ0v) is 21.0. The number of carbonyl (C=O) groups is 2. The summed E-state index contributed by atoms with van der Waals surface area (Å²) in [7, 11) is -4.04. The van der Waals surface area contributed by atoms with E-state index >= 15 is 0 Å². The van der Waals surface area contributed by atoms with Crippen LogP contribution in [0.4, 0.5) is 11.4 Å². The molecule has 0 radical (unpaired) electrons. The van der Waals surface area contributed by atoms with Crippen molar-refractivity contribution in [1.29, 1.82) is 0 Å². The Morgan fingerprint density at radius 2 is 1.67 bits per heavy atom. The van der Waals surface area contributed by atoms with Crippen molar-refractivity contribution in [2.75, 3.05) is 10.7 Å². The fourth-order valence-corrected chi connectivity index (χ4v) is 4.41. The molecule has 0 heterocycles. The van der Waals surface area contributed by atoms with Gasteiger partial charge in [0.1, 0.15) is 0 Å². The first-order chi connectivity index (χ1) is 16.9. The van der Waals surface area contributed by atoms with Gasteiger partial charge in [0.25, 0.3) is 5.69 Å². The van der Waals surface area contributed by atoms with Crippen molar-refractivity contribution in [1.82, 2.24) is 10.9 Å². The number of rotatable bonds is 12. The van der Waals surface area contributed by atoms with Crippen molar-refractivity contribution in [3.63, 3.8) is 0 Å². The second kappa shape index (κ2) is 12.8. The molecule has 2 atom stereocenters. The summed E-state index contributed by atoms with van der Waals surface area (Å²) in [5.41, 5.74) is 4.56. The van der Waals surface area contributed by atoms with Crippen molar-refractivity contribution >= 4 is 39.3 Å². The fraction of sp³-hybridized carbons (Fsp3) is 0.333. The van der Waals surface area contributed by atoms with Crippen LogP contribution in [-0.2, 0) is 19.6 Å². The second-order valence-corrected chi connectivity index (χ2v) is 10.5. The molecular weight excluding hydrogens is 488 g/mol. The van der Waals surface area contributed by atoms with Gasteiger partial charge in [-0.05, 0) is 36.5 Å². The molecule has 2 amide bonds. The second-order valence-electron chi connectivity index (χ2n) is 8.64. The van der Waals surface area contributed by atoms with Gasteiger partial charge in [0.05, 0.1) is 28.7 Å². The van der Waals surface area contributed by atoms with Crippen molar-refractivity contribution in [2.45, 2.75) is 26.7 Å². The summed E-state index contributed by atoms with van der Waals surface area (Å²) in [6, 6.07) is 13.9. The Bertz CT molecular complexity index is 1180. The average molecular weight is 519 g/mol. The van der Waals surface area contributed by atoms with Crippen LogP contribution in [0.2, 0.25) is 0 Å². The van der Waals surface area contributed by atoms with Crippen molar-refractivity contribution in [2.24, 2.45) is 17.8 Å². The summed E-state index contributed by atoms with van der Waals surface area (Å²) in [6.45, 7) is 3.69. The van der Waals surface area contributed by atoms with Crippen LogP contribution in [0, 0.1) is 27.9 Å². The summed E-state index contributed by atoms with van der Waals surface area (Å²) < 4.78 is 25.5. The first-order valence-corrected chi connectivity index (χ1v) is 13.0. The Hall–Kier alpha value is -3.77. The molecule has 11 nitrogen and oxygen atoms in total. The van der Waals surface area contributed by atoms with E-state index in [2.05, 4.69) is 5.43 Å². The number of hydrogen-bond donors (Lipinski definition) is 3. The molecule has 0 bridgehead atoms. The molecule has 0 aliphatic heterocycles. The lowest BCUT2D eigenvalue weighted by atomic mass is 9.82. The van der Waals surface area contributed by atoms with E-state index in [1.165, 1.54) is 12.1 Å². The van der Waals surface area contributed by atoms with Gasteiger partial charge in [0, 0.05) is 12.1 Å². The standard InChI is InChI=1S/C24H30N4O7S/c1-17(2)16-22(21(24(30)26-31)11-7-10-18-8-5-4-6-9-18)23(29)25-27(36(3,34)35)19-12-14-20(15-13-19)28(32)33/h4-10,12-15,17,21-22,31H,11,16H2,1-3H3,(H,25,29)(H,26,30)/t21-,22+/m0/s1. The van der Waals surface area contributed by atoms with Crippen LogP contribution in [0.25, 0.3) is 6.08 Å². The van der Waals surface area contributed by atoms with Gasteiger partial charge in [-0.25, -0.2) is 13.9 Å². The third-order valence-corrected chi connectivity index (χ3v) is 6.30. The van der Waals surface area contributed by atoms with Gasteiger partial charge in [-0.15, -0.1) is 0 Å². The van der Waals surface area contributed by atoms with E-state index in [9.17, 15) is 33.3 Å². The molecule has 12 heteroatoms. The summed E-state index contributed by atoms with van der Waals surface area (Å²) in [5.74, 6) is -3.58. The molecule has 0 aliphatic rings. The van der Waals surface area contributed by atoms with Crippen molar-refractivity contribution < 1.29 is 28.1 Å². The third kappa shape index (κ3) is 8.17. The van der Waals surface area contributed by atoms with E-state index < -0.39 is 38.6 Å². The van der Waals surface area contributed by atoms with Crippen molar-refractivity contribution in [3.05, 3.63) is 76.4 Å². The molecule has 2 aromatic carbocycles. The number of carbonyl (C=O) groups excluding carboxylic acids is 2. The minimum atomic E-state index is -4.04. The van der Waals surface area contributed by atoms with E-state index in [1.54, 1.807) is 17.6 Å². The predicted molar refractivity (Wildman–Crippen MR) is 135 cm³/mol. The number of allylic oxidation sites excluding steroid dienone is 1. The lowest BCUT2D eigenvalue weighted by Gasteiger charge is -2.29. The fourth-order valence-electron chi connectivity index (χ4n) is 3.65. The Labute approximate surface area is 209 Å². The number of nitrogens with zero attached hydrogens (tertiary/aromatic N) is 2. The quantitative estimate of drug-likeness (QED) is 0.221. The molecule has 3 N–H and O–H groups in total. The molecule has 194 valence electrons. The molecule has 2 rings (SSSR count). The maximum Gasteiger partial charge on any atom is 0.269 e. The molecule has 0 fully saturated rings. The highest BCUT2D eigenvalue weighted by atomic mass is 32.2. The molecule has 0 unspecified atom stereocenters. The van der Waals surface area contributed by atoms with Gasteiger partial charge in [-0.2, -0.15) is 4.41 Å². The van der Waals surface area contributed by atoms with E-state index in [0.717, 1.165) is 24.0 Å². The van der Waals surface area contributed by atoms with E-state index in [0.29, 0.717) is 4.41 Å². The number of hydrogen-bond acceptors (Lipinski definition) is 7. The van der Waals surface area contributed by atoms with Crippen LogP contribution in [0.3, 0.4) is 0 Å². The number of benzene rings is 2. The Balaban J connectivity index is 2.36. The number of hydrazine groups is 1. The zero-order valence-electron chi connectivity index (χ0n) is 20.2. The number of hydroxylamine groups is 1. The molecule has 36 heavy (non-hydrogen) atoms. The third-order valence-electron chi connectivity index (χ3n) is 5.33. The van der Waals surface area contributed by atoms with Gasteiger partial charge in [0.15, 0.2) is 0 Å². The van der Waals surface area contributed by atoms with Gasteiger partial charge >= 0.3 is 0 Å².